The van der Waals surface area contributed by atoms with Crippen LogP contribution in [0.4, 0.5) is 0 Å². The molecular formula is C66H66O14. The number of rotatable bonds is 28. The Morgan fingerprint density at radius 3 is 1.43 bits per heavy atom. The number of unbranched alkanes of at least 4 members (excludes halogenated alkanes) is 1. The number of allylic oxidation sites excluding steroid dienone is 1. The van der Waals surface area contributed by atoms with Crippen molar-refractivity contribution in [3.8, 4) is 0 Å². The lowest BCUT2D eigenvalue weighted by atomic mass is 9.97. The summed E-state index contributed by atoms with van der Waals surface area (Å²) in [5.41, 5.74) is 4.31. The second kappa shape index (κ2) is 30.1. The SMILES string of the molecule is C=CCCCO[C@@H]1O[C@@H]([C@@H](COC(=O)c2ccccc2)OC(=O)c2ccccc2)[C@H](O[C@H]2O[C@H](COCc3ccccc3)[C@H](OCc3ccccc3)[C@H](OCc3ccccc3)[C@H]2OCc2ccccc2)[C@H]1OC(=O)c1ccccc1. The monoisotopic (exact) mass is 1080 g/mol. The van der Waals surface area contributed by atoms with Crippen molar-refractivity contribution in [2.75, 3.05) is 19.8 Å². The summed E-state index contributed by atoms with van der Waals surface area (Å²) in [4.78, 5) is 42.4. The Morgan fingerprint density at radius 2 is 0.912 bits per heavy atom. The van der Waals surface area contributed by atoms with Crippen LogP contribution in [0.25, 0.3) is 0 Å². The van der Waals surface area contributed by atoms with Gasteiger partial charge >= 0.3 is 17.9 Å². The van der Waals surface area contributed by atoms with Gasteiger partial charge in [-0.25, -0.2) is 14.4 Å². The van der Waals surface area contributed by atoms with Crippen molar-refractivity contribution >= 4 is 17.9 Å². The van der Waals surface area contributed by atoms with Crippen LogP contribution in [0, 0.1) is 0 Å². The van der Waals surface area contributed by atoms with Gasteiger partial charge in [0.1, 0.15) is 43.2 Å². The molecule has 414 valence electrons. The molecule has 10 atom stereocenters. The zero-order valence-electron chi connectivity index (χ0n) is 44.3. The van der Waals surface area contributed by atoms with Gasteiger partial charge in [-0.2, -0.15) is 0 Å². The molecule has 0 spiro atoms. The van der Waals surface area contributed by atoms with Gasteiger partial charge in [0.2, 0.25) is 0 Å². The Bertz CT molecular complexity index is 2940. The summed E-state index contributed by atoms with van der Waals surface area (Å²) >= 11 is 0. The van der Waals surface area contributed by atoms with Gasteiger partial charge in [0, 0.05) is 0 Å². The number of ether oxygens (including phenoxy) is 11. The van der Waals surface area contributed by atoms with E-state index >= 15 is 0 Å². The van der Waals surface area contributed by atoms with E-state index in [1.807, 2.05) is 121 Å². The number of benzene rings is 7. The molecule has 7 aromatic carbocycles. The molecule has 2 saturated heterocycles. The molecule has 14 nitrogen and oxygen atoms in total. The highest BCUT2D eigenvalue weighted by atomic mass is 16.8. The van der Waals surface area contributed by atoms with Crippen molar-refractivity contribution in [2.24, 2.45) is 0 Å². The number of hydrogen-bond donors (Lipinski definition) is 0. The van der Waals surface area contributed by atoms with Crippen LogP contribution in [0.3, 0.4) is 0 Å². The number of hydrogen-bond acceptors (Lipinski definition) is 14. The van der Waals surface area contributed by atoms with Crippen molar-refractivity contribution in [3.63, 3.8) is 0 Å². The zero-order chi connectivity index (χ0) is 55.1. The van der Waals surface area contributed by atoms with E-state index in [9.17, 15) is 14.4 Å². The minimum absolute atomic E-state index is 0.00359. The molecule has 9 rings (SSSR count). The molecule has 7 aromatic rings. The zero-order valence-corrected chi connectivity index (χ0v) is 44.3. The molecule has 80 heavy (non-hydrogen) atoms. The first-order chi connectivity index (χ1) is 39.4. The molecule has 0 radical (unpaired) electrons. The van der Waals surface area contributed by atoms with E-state index in [-0.39, 0.29) is 56.3 Å². The number of carbonyl (C=O) groups excluding carboxylic acids is 3. The Morgan fingerprint density at radius 1 is 0.463 bits per heavy atom. The lowest BCUT2D eigenvalue weighted by Gasteiger charge is -2.47. The Labute approximate surface area is 467 Å². The fourth-order valence-corrected chi connectivity index (χ4v) is 9.36. The Kier molecular flexibility index (Phi) is 21.5. The highest BCUT2D eigenvalue weighted by Crippen LogP contribution is 2.38. The fraction of sp³-hybridized carbons (Fsp3) is 0.288. The van der Waals surface area contributed by atoms with E-state index < -0.39 is 85.9 Å². The summed E-state index contributed by atoms with van der Waals surface area (Å²) in [6.45, 7) is 4.15. The van der Waals surface area contributed by atoms with Gasteiger partial charge in [0.05, 0.1) is 56.3 Å². The van der Waals surface area contributed by atoms with Crippen molar-refractivity contribution < 1.29 is 66.5 Å². The van der Waals surface area contributed by atoms with Crippen LogP contribution in [-0.4, -0.2) is 99.1 Å². The smallest absolute Gasteiger partial charge is 0.338 e. The maximum absolute atomic E-state index is 14.4. The first-order valence-corrected chi connectivity index (χ1v) is 26.9. The topological polar surface area (TPSA) is 153 Å². The van der Waals surface area contributed by atoms with Gasteiger partial charge in [-0.05, 0) is 71.5 Å². The van der Waals surface area contributed by atoms with Gasteiger partial charge in [0.15, 0.2) is 24.8 Å². The fourth-order valence-electron chi connectivity index (χ4n) is 9.36. The minimum atomic E-state index is -1.41. The van der Waals surface area contributed by atoms with Crippen molar-refractivity contribution in [1.82, 2.24) is 0 Å². The first-order valence-electron chi connectivity index (χ1n) is 26.9. The highest BCUT2D eigenvalue weighted by Gasteiger charge is 2.57. The van der Waals surface area contributed by atoms with Gasteiger partial charge < -0.3 is 52.1 Å². The summed E-state index contributed by atoms with van der Waals surface area (Å²) in [6, 6.07) is 64.2. The van der Waals surface area contributed by atoms with Crippen LogP contribution in [-0.2, 0) is 78.5 Å². The third-order valence-corrected chi connectivity index (χ3v) is 13.4. The van der Waals surface area contributed by atoms with Crippen LogP contribution in [0.1, 0.15) is 66.2 Å². The lowest BCUT2D eigenvalue weighted by molar-refractivity contribution is -0.342. The summed E-state index contributed by atoms with van der Waals surface area (Å²) in [5, 5.41) is 0. The van der Waals surface area contributed by atoms with Gasteiger partial charge in [-0.3, -0.25) is 0 Å². The van der Waals surface area contributed by atoms with E-state index in [2.05, 4.69) is 6.58 Å². The molecule has 0 amide bonds. The molecule has 2 fully saturated rings. The van der Waals surface area contributed by atoms with Crippen molar-refractivity contribution in [1.29, 1.82) is 0 Å². The van der Waals surface area contributed by atoms with Crippen LogP contribution in [0.2, 0.25) is 0 Å². The summed E-state index contributed by atoms with van der Waals surface area (Å²) < 4.78 is 74.1. The van der Waals surface area contributed by atoms with Crippen LogP contribution < -0.4 is 0 Å². The molecule has 2 heterocycles. The number of carbonyl (C=O) groups is 3. The molecule has 0 N–H and O–H groups in total. The first kappa shape index (κ1) is 57.1. The molecule has 2 aliphatic heterocycles. The van der Waals surface area contributed by atoms with E-state index in [0.717, 1.165) is 22.3 Å². The Balaban J connectivity index is 1.15. The standard InChI is InChI=1S/C66H66O14/c1-2-3-25-40-71-65-61(78-64(69)53-38-23-10-24-39-53)59(57(79-65)55(76-63(68)52-36-21-9-22-37-52)46-75-62(67)51-34-19-8-20-35-51)80-66-60(74-44-50-32-17-7-18-33-50)58(73-43-49-30-15-6-16-31-49)56(72-42-48-28-13-5-14-29-48)54(77-66)45-70-41-47-26-11-4-12-27-47/h2,4-24,26-39,54-61,65-66H,1,3,25,40-46H2/t54-,55-,56+,57+,58+,59+,60-,61-,65-,66-/m1/s1. The van der Waals surface area contributed by atoms with Crippen LogP contribution in [0.15, 0.2) is 225 Å². The third kappa shape index (κ3) is 16.2. The molecule has 0 aliphatic carbocycles. The molecule has 2 aliphatic rings. The Hall–Kier alpha value is -7.63. The molecule has 0 aromatic heterocycles. The average molecular weight is 1080 g/mol. The summed E-state index contributed by atoms with van der Waals surface area (Å²) in [7, 11) is 0. The van der Waals surface area contributed by atoms with E-state index in [0.29, 0.717) is 12.8 Å². The minimum Gasteiger partial charge on any atom is -0.458 e. The van der Waals surface area contributed by atoms with E-state index in [1.165, 1.54) is 0 Å². The largest absolute Gasteiger partial charge is 0.458 e. The lowest BCUT2D eigenvalue weighted by Crippen LogP contribution is -2.63. The molecule has 0 saturated carbocycles. The quantitative estimate of drug-likeness (QED) is 0.0198. The van der Waals surface area contributed by atoms with Gasteiger partial charge in [0.25, 0.3) is 0 Å². The summed E-state index contributed by atoms with van der Waals surface area (Å²) in [6.07, 6.45) is -9.09. The van der Waals surface area contributed by atoms with Gasteiger partial charge in [-0.1, -0.05) is 182 Å². The van der Waals surface area contributed by atoms with Crippen LogP contribution >= 0.6 is 0 Å². The maximum Gasteiger partial charge on any atom is 0.338 e. The molecule has 0 bridgehead atoms. The predicted molar refractivity (Wildman–Crippen MR) is 297 cm³/mol. The van der Waals surface area contributed by atoms with E-state index in [1.54, 1.807) is 97.1 Å². The normalized spacial score (nSPS) is 21.9. The number of esters is 3. The second-order valence-corrected chi connectivity index (χ2v) is 19.2. The second-order valence-electron chi connectivity index (χ2n) is 19.2. The molecule has 0 unspecified atom stereocenters. The highest BCUT2D eigenvalue weighted by molar-refractivity contribution is 5.90. The summed E-state index contributed by atoms with van der Waals surface area (Å²) in [5.74, 6) is -2.15. The third-order valence-electron chi connectivity index (χ3n) is 13.4. The predicted octanol–water partition coefficient (Wildman–Crippen LogP) is 11.1. The van der Waals surface area contributed by atoms with Crippen molar-refractivity contribution in [3.05, 3.63) is 264 Å². The van der Waals surface area contributed by atoms with Gasteiger partial charge in [-0.15, -0.1) is 6.58 Å². The maximum atomic E-state index is 14.4. The van der Waals surface area contributed by atoms with E-state index in [4.69, 9.17) is 52.1 Å². The molecular weight excluding hydrogens is 1020 g/mol. The van der Waals surface area contributed by atoms with Crippen LogP contribution in [0.5, 0.6) is 0 Å². The van der Waals surface area contributed by atoms with Crippen molar-refractivity contribution in [2.45, 2.75) is 101 Å². The average Bonchev–Trinajstić information content (AvgIpc) is 3.89. The molecule has 14 heteroatoms.